The van der Waals surface area contributed by atoms with Gasteiger partial charge in [0.1, 0.15) is 5.82 Å². The van der Waals surface area contributed by atoms with Crippen molar-refractivity contribution in [1.29, 1.82) is 0 Å². The van der Waals surface area contributed by atoms with Crippen LogP contribution in [-0.2, 0) is 3.79 Å². The summed E-state index contributed by atoms with van der Waals surface area (Å²) in [6.07, 6.45) is 1.55. The van der Waals surface area contributed by atoms with E-state index in [9.17, 15) is 0 Å². The standard InChI is InChI=1S/C6H6Cl3N3/c7-6(8,9)4-2-1-3-11-5(4)12-10/h1-3H,10H2,(H,11,12). The number of hydrogen-bond acceptors (Lipinski definition) is 3. The molecule has 1 aromatic heterocycles. The molecule has 0 aliphatic rings. The lowest BCUT2D eigenvalue weighted by Crippen LogP contribution is -2.14. The molecule has 3 N–H and O–H groups in total. The van der Waals surface area contributed by atoms with Gasteiger partial charge in [-0.2, -0.15) is 0 Å². The van der Waals surface area contributed by atoms with Crippen LogP contribution in [0.1, 0.15) is 5.56 Å². The molecule has 0 atom stereocenters. The normalized spacial score (nSPS) is 11.3. The lowest BCUT2D eigenvalue weighted by atomic mass is 10.3. The highest BCUT2D eigenvalue weighted by Crippen LogP contribution is 2.40. The smallest absolute Gasteiger partial charge is 0.219 e. The SMILES string of the molecule is NNc1ncccc1C(Cl)(Cl)Cl. The highest BCUT2D eigenvalue weighted by atomic mass is 35.6. The number of nitrogen functional groups attached to an aromatic ring is 1. The van der Waals surface area contributed by atoms with Crippen molar-refractivity contribution in [2.45, 2.75) is 3.79 Å². The molecule has 1 rings (SSSR count). The van der Waals surface area contributed by atoms with Crippen molar-refractivity contribution in [3.63, 3.8) is 0 Å². The summed E-state index contributed by atoms with van der Waals surface area (Å²) >= 11 is 16.9. The zero-order valence-corrected chi connectivity index (χ0v) is 8.16. The fourth-order valence-electron chi connectivity index (χ4n) is 0.749. The molecule has 0 radical (unpaired) electrons. The number of alkyl halides is 3. The second kappa shape index (κ2) is 3.66. The van der Waals surface area contributed by atoms with Crippen molar-refractivity contribution >= 4 is 40.6 Å². The zero-order chi connectivity index (χ0) is 9.19. The van der Waals surface area contributed by atoms with E-state index < -0.39 is 3.79 Å². The van der Waals surface area contributed by atoms with E-state index in [0.29, 0.717) is 11.4 Å². The summed E-state index contributed by atoms with van der Waals surface area (Å²) in [6.45, 7) is 0. The maximum atomic E-state index is 5.64. The highest BCUT2D eigenvalue weighted by molar-refractivity contribution is 6.67. The maximum absolute atomic E-state index is 5.64. The molecule has 0 aliphatic carbocycles. The van der Waals surface area contributed by atoms with Gasteiger partial charge in [-0.15, -0.1) is 0 Å². The van der Waals surface area contributed by atoms with Crippen LogP contribution in [0.15, 0.2) is 18.3 Å². The first-order chi connectivity index (χ1) is 5.55. The number of hydrazine groups is 1. The summed E-state index contributed by atoms with van der Waals surface area (Å²) in [7, 11) is 0. The van der Waals surface area contributed by atoms with E-state index in [2.05, 4.69) is 10.4 Å². The van der Waals surface area contributed by atoms with Gasteiger partial charge in [0, 0.05) is 11.8 Å². The van der Waals surface area contributed by atoms with E-state index >= 15 is 0 Å². The minimum atomic E-state index is -1.50. The number of aromatic nitrogens is 1. The Morgan fingerprint density at radius 2 is 2.08 bits per heavy atom. The second-order valence-corrected chi connectivity index (χ2v) is 4.32. The Morgan fingerprint density at radius 3 is 2.50 bits per heavy atom. The molecule has 1 heterocycles. The van der Waals surface area contributed by atoms with E-state index in [0.717, 1.165) is 0 Å². The van der Waals surface area contributed by atoms with Gasteiger partial charge in [-0.3, -0.25) is 0 Å². The van der Waals surface area contributed by atoms with Crippen molar-refractivity contribution in [1.82, 2.24) is 4.98 Å². The largest absolute Gasteiger partial charge is 0.308 e. The second-order valence-electron chi connectivity index (χ2n) is 2.04. The molecule has 0 aliphatic heterocycles. The molecule has 0 saturated carbocycles. The van der Waals surface area contributed by atoms with Gasteiger partial charge in [0.15, 0.2) is 0 Å². The Morgan fingerprint density at radius 1 is 1.42 bits per heavy atom. The topological polar surface area (TPSA) is 50.9 Å². The minimum Gasteiger partial charge on any atom is -0.308 e. The van der Waals surface area contributed by atoms with E-state index in [1.54, 1.807) is 18.3 Å². The third kappa shape index (κ3) is 2.14. The number of nitrogens with one attached hydrogen (secondary N) is 1. The zero-order valence-electron chi connectivity index (χ0n) is 5.89. The summed E-state index contributed by atoms with van der Waals surface area (Å²) in [5, 5.41) is 0. The van der Waals surface area contributed by atoms with Gasteiger partial charge in [0.2, 0.25) is 3.79 Å². The van der Waals surface area contributed by atoms with Crippen LogP contribution in [0.5, 0.6) is 0 Å². The molecular formula is C6H6Cl3N3. The molecule has 1 aromatic rings. The minimum absolute atomic E-state index is 0.359. The first kappa shape index (κ1) is 9.86. The van der Waals surface area contributed by atoms with E-state index in [-0.39, 0.29) is 0 Å². The number of halogens is 3. The van der Waals surface area contributed by atoms with E-state index in [4.69, 9.17) is 40.6 Å². The summed E-state index contributed by atoms with van der Waals surface area (Å²) in [4.78, 5) is 3.87. The molecule has 0 bridgehead atoms. The average molecular weight is 226 g/mol. The molecule has 6 heteroatoms. The number of hydrogen-bond donors (Lipinski definition) is 2. The molecule has 0 unspecified atom stereocenters. The molecule has 0 aromatic carbocycles. The molecule has 3 nitrogen and oxygen atoms in total. The first-order valence-electron chi connectivity index (χ1n) is 3.04. The van der Waals surface area contributed by atoms with E-state index in [1.807, 2.05) is 0 Å². The Hall–Kier alpha value is -0.220. The lowest BCUT2D eigenvalue weighted by molar-refractivity contribution is 1.13. The summed E-state index contributed by atoms with van der Waals surface area (Å²) in [6, 6.07) is 3.30. The molecule has 12 heavy (non-hydrogen) atoms. The third-order valence-electron chi connectivity index (χ3n) is 1.25. The molecule has 66 valence electrons. The molecule has 0 fully saturated rings. The predicted molar refractivity (Wildman–Crippen MR) is 51.3 cm³/mol. The van der Waals surface area contributed by atoms with Crippen molar-refractivity contribution in [3.05, 3.63) is 23.9 Å². The van der Waals surface area contributed by atoms with Crippen LogP contribution in [0.25, 0.3) is 0 Å². The van der Waals surface area contributed by atoms with Crippen LogP contribution in [-0.4, -0.2) is 4.98 Å². The molecular weight excluding hydrogens is 220 g/mol. The van der Waals surface area contributed by atoms with Gasteiger partial charge < -0.3 is 5.43 Å². The molecule has 0 spiro atoms. The van der Waals surface area contributed by atoms with Gasteiger partial charge in [-0.1, -0.05) is 34.8 Å². The monoisotopic (exact) mass is 225 g/mol. The Balaban J connectivity index is 3.14. The fourth-order valence-corrected chi connectivity index (χ4v) is 1.21. The van der Waals surface area contributed by atoms with Crippen LogP contribution in [0, 0.1) is 0 Å². The number of nitrogens with two attached hydrogens (primary N) is 1. The Kier molecular flexibility index (Phi) is 3.01. The van der Waals surface area contributed by atoms with Crippen molar-refractivity contribution < 1.29 is 0 Å². The predicted octanol–water partition coefficient (Wildman–Crippen LogP) is 2.19. The number of rotatable bonds is 1. The van der Waals surface area contributed by atoms with Crippen LogP contribution < -0.4 is 11.3 Å². The van der Waals surface area contributed by atoms with Crippen LogP contribution in [0.4, 0.5) is 5.82 Å². The summed E-state index contributed by atoms with van der Waals surface area (Å²) in [5.74, 6) is 5.52. The molecule has 0 amide bonds. The van der Waals surface area contributed by atoms with Gasteiger partial charge in [-0.05, 0) is 12.1 Å². The average Bonchev–Trinajstić information content (AvgIpc) is 2.03. The quantitative estimate of drug-likeness (QED) is 0.438. The number of anilines is 1. The Labute approximate surface area is 84.8 Å². The van der Waals surface area contributed by atoms with Crippen molar-refractivity contribution in [2.75, 3.05) is 5.43 Å². The van der Waals surface area contributed by atoms with Gasteiger partial charge >= 0.3 is 0 Å². The number of nitrogens with zero attached hydrogens (tertiary/aromatic N) is 1. The van der Waals surface area contributed by atoms with Gasteiger partial charge in [0.05, 0.1) is 0 Å². The van der Waals surface area contributed by atoms with Crippen LogP contribution in [0.3, 0.4) is 0 Å². The summed E-state index contributed by atoms with van der Waals surface area (Å²) in [5.41, 5.74) is 2.77. The third-order valence-corrected chi connectivity index (χ3v) is 1.86. The van der Waals surface area contributed by atoms with Crippen LogP contribution >= 0.6 is 34.8 Å². The Bertz CT molecular complexity index is 271. The van der Waals surface area contributed by atoms with Crippen molar-refractivity contribution in [2.24, 2.45) is 5.84 Å². The number of pyridine rings is 1. The maximum Gasteiger partial charge on any atom is 0.219 e. The van der Waals surface area contributed by atoms with Gasteiger partial charge in [-0.25, -0.2) is 10.8 Å². The summed E-state index contributed by atoms with van der Waals surface area (Å²) < 4.78 is -1.50. The van der Waals surface area contributed by atoms with Gasteiger partial charge in [0.25, 0.3) is 0 Å². The van der Waals surface area contributed by atoms with Crippen molar-refractivity contribution in [3.8, 4) is 0 Å². The fraction of sp³-hybridized carbons (Fsp3) is 0.167. The highest BCUT2D eigenvalue weighted by Gasteiger charge is 2.26. The van der Waals surface area contributed by atoms with E-state index in [1.165, 1.54) is 0 Å². The first-order valence-corrected chi connectivity index (χ1v) is 4.18. The van der Waals surface area contributed by atoms with Crippen LogP contribution in [0.2, 0.25) is 0 Å². The lowest BCUT2D eigenvalue weighted by Gasteiger charge is -2.13. The molecule has 0 saturated heterocycles.